The summed E-state index contributed by atoms with van der Waals surface area (Å²) in [5, 5.41) is 3.05. The van der Waals surface area contributed by atoms with Gasteiger partial charge in [0.05, 0.1) is 0 Å². The van der Waals surface area contributed by atoms with E-state index in [1.54, 1.807) is 12.1 Å². The van der Waals surface area contributed by atoms with Gasteiger partial charge < -0.3 is 5.32 Å². The molecule has 0 aromatic heterocycles. The Labute approximate surface area is 86.1 Å². The number of hydrogen-bond donors (Lipinski definition) is 1. The van der Waals surface area contributed by atoms with Gasteiger partial charge in [-0.3, -0.25) is 4.79 Å². The predicted octanol–water partition coefficient (Wildman–Crippen LogP) is 2.08. The van der Waals surface area contributed by atoms with Crippen LogP contribution in [0, 0.1) is 5.82 Å². The number of amides is 1. The molecule has 0 bridgehead atoms. The Kier molecular flexibility index (Phi) is 2.42. The number of rotatable bonds is 1. The largest absolute Gasteiger partial charge is 0.355 e. The minimum Gasteiger partial charge on any atom is -0.355 e. The molecule has 0 saturated carbocycles. The highest BCUT2D eigenvalue weighted by Gasteiger charge is 2.26. The molecule has 0 aliphatic carbocycles. The lowest BCUT2D eigenvalue weighted by Crippen LogP contribution is -2.13. The van der Waals surface area contributed by atoms with E-state index in [4.69, 9.17) is 11.6 Å². The van der Waals surface area contributed by atoms with Gasteiger partial charge in [0.1, 0.15) is 5.82 Å². The number of nitrogens with one attached hydrogen (secondary N) is 1. The van der Waals surface area contributed by atoms with Crippen molar-refractivity contribution in [3.8, 4) is 0 Å². The zero-order chi connectivity index (χ0) is 10.1. The van der Waals surface area contributed by atoms with Crippen LogP contribution in [0.4, 0.5) is 4.39 Å². The fourth-order valence-corrected chi connectivity index (χ4v) is 2.03. The summed E-state index contributed by atoms with van der Waals surface area (Å²) in [6, 6.07) is 4.57. The van der Waals surface area contributed by atoms with Crippen molar-refractivity contribution in [2.45, 2.75) is 12.3 Å². The lowest BCUT2D eigenvalue weighted by molar-refractivity contribution is -0.119. The number of hydrogen-bond acceptors (Lipinski definition) is 1. The van der Waals surface area contributed by atoms with Gasteiger partial charge in [0, 0.05) is 29.5 Å². The molecule has 2 rings (SSSR count). The molecular weight excluding hydrogens is 205 g/mol. The standard InChI is InChI=1S/C10H9ClFNO/c11-7-2-1-3-8(12)10(7)6-4-9(14)13-5-6/h1-3,6H,4-5H2,(H,13,14)/t6-/m1/s1. The van der Waals surface area contributed by atoms with E-state index in [1.807, 2.05) is 0 Å². The van der Waals surface area contributed by atoms with Crippen molar-refractivity contribution in [1.29, 1.82) is 0 Å². The van der Waals surface area contributed by atoms with Crippen LogP contribution in [0.1, 0.15) is 17.9 Å². The number of carbonyl (C=O) groups excluding carboxylic acids is 1. The summed E-state index contributed by atoms with van der Waals surface area (Å²) in [4.78, 5) is 11.0. The molecule has 1 heterocycles. The van der Waals surface area contributed by atoms with Crippen LogP contribution >= 0.6 is 11.6 Å². The molecule has 1 saturated heterocycles. The van der Waals surface area contributed by atoms with Crippen LogP contribution in [0.15, 0.2) is 18.2 Å². The van der Waals surface area contributed by atoms with Crippen molar-refractivity contribution < 1.29 is 9.18 Å². The summed E-state index contributed by atoms with van der Waals surface area (Å²) < 4.78 is 13.4. The number of halogens is 2. The number of benzene rings is 1. The molecular formula is C10H9ClFNO. The summed E-state index contributed by atoms with van der Waals surface area (Å²) in [5.74, 6) is -0.510. The molecule has 0 spiro atoms. The minimum atomic E-state index is -0.334. The molecule has 1 aromatic carbocycles. The maximum absolute atomic E-state index is 13.4. The van der Waals surface area contributed by atoms with Gasteiger partial charge in [-0.2, -0.15) is 0 Å². The van der Waals surface area contributed by atoms with Gasteiger partial charge in [-0.15, -0.1) is 0 Å². The Hall–Kier alpha value is -1.09. The molecule has 0 radical (unpaired) electrons. The Morgan fingerprint density at radius 1 is 1.50 bits per heavy atom. The highest BCUT2D eigenvalue weighted by molar-refractivity contribution is 6.31. The molecule has 1 amide bonds. The summed E-state index contributed by atoms with van der Waals surface area (Å²) in [7, 11) is 0. The van der Waals surface area contributed by atoms with E-state index in [-0.39, 0.29) is 17.6 Å². The van der Waals surface area contributed by atoms with E-state index in [0.717, 1.165) is 0 Å². The molecule has 1 atom stereocenters. The summed E-state index contributed by atoms with van der Waals surface area (Å²) in [6.07, 6.45) is 0.320. The lowest BCUT2D eigenvalue weighted by atomic mass is 9.98. The van der Waals surface area contributed by atoms with E-state index < -0.39 is 0 Å². The molecule has 1 fully saturated rings. The van der Waals surface area contributed by atoms with Crippen molar-refractivity contribution >= 4 is 17.5 Å². The molecule has 0 unspecified atom stereocenters. The van der Waals surface area contributed by atoms with Crippen molar-refractivity contribution in [3.05, 3.63) is 34.6 Å². The third-order valence-corrected chi connectivity index (χ3v) is 2.71. The second-order valence-corrected chi connectivity index (χ2v) is 3.75. The van der Waals surface area contributed by atoms with Crippen LogP contribution in [0.3, 0.4) is 0 Å². The smallest absolute Gasteiger partial charge is 0.220 e. The van der Waals surface area contributed by atoms with Crippen molar-refractivity contribution in [2.75, 3.05) is 6.54 Å². The minimum absolute atomic E-state index is 0.0469. The zero-order valence-electron chi connectivity index (χ0n) is 7.39. The fraction of sp³-hybridized carbons (Fsp3) is 0.300. The Morgan fingerprint density at radius 3 is 2.86 bits per heavy atom. The molecule has 1 aliphatic heterocycles. The van der Waals surface area contributed by atoms with Gasteiger partial charge >= 0.3 is 0 Å². The molecule has 1 N–H and O–H groups in total. The SMILES string of the molecule is O=C1C[C@@H](c2c(F)cccc2Cl)CN1. The fourth-order valence-electron chi connectivity index (χ4n) is 1.71. The van der Waals surface area contributed by atoms with E-state index in [2.05, 4.69) is 5.32 Å². The average Bonchev–Trinajstić information content (AvgIpc) is 2.51. The first-order valence-corrected chi connectivity index (χ1v) is 4.77. The normalized spacial score (nSPS) is 21.0. The zero-order valence-corrected chi connectivity index (χ0v) is 8.14. The summed E-state index contributed by atoms with van der Waals surface area (Å²) >= 11 is 5.88. The highest BCUT2D eigenvalue weighted by Crippen LogP contribution is 2.31. The van der Waals surface area contributed by atoms with Gasteiger partial charge in [0.2, 0.25) is 5.91 Å². The first-order valence-electron chi connectivity index (χ1n) is 4.39. The molecule has 1 aromatic rings. The van der Waals surface area contributed by atoms with E-state index in [0.29, 0.717) is 23.6 Å². The van der Waals surface area contributed by atoms with Gasteiger partial charge in [0.15, 0.2) is 0 Å². The van der Waals surface area contributed by atoms with Gasteiger partial charge in [-0.25, -0.2) is 4.39 Å². The monoisotopic (exact) mass is 213 g/mol. The second-order valence-electron chi connectivity index (χ2n) is 3.34. The van der Waals surface area contributed by atoms with Crippen molar-refractivity contribution in [2.24, 2.45) is 0 Å². The van der Waals surface area contributed by atoms with E-state index in [9.17, 15) is 9.18 Å². The molecule has 2 nitrogen and oxygen atoms in total. The van der Waals surface area contributed by atoms with Gasteiger partial charge in [0.25, 0.3) is 0 Å². The molecule has 1 aliphatic rings. The first kappa shape index (κ1) is 9.46. The van der Waals surface area contributed by atoms with Crippen LogP contribution in [-0.2, 0) is 4.79 Å². The van der Waals surface area contributed by atoms with Gasteiger partial charge in [-0.1, -0.05) is 17.7 Å². The maximum Gasteiger partial charge on any atom is 0.220 e. The van der Waals surface area contributed by atoms with Crippen LogP contribution in [0.2, 0.25) is 5.02 Å². The average molecular weight is 214 g/mol. The van der Waals surface area contributed by atoms with Crippen LogP contribution in [-0.4, -0.2) is 12.5 Å². The third kappa shape index (κ3) is 1.60. The Balaban J connectivity index is 2.36. The Bertz CT molecular complexity index is 360. The van der Waals surface area contributed by atoms with Crippen LogP contribution in [0.5, 0.6) is 0 Å². The van der Waals surface area contributed by atoms with E-state index in [1.165, 1.54) is 6.07 Å². The third-order valence-electron chi connectivity index (χ3n) is 2.39. The lowest BCUT2D eigenvalue weighted by Gasteiger charge is -2.10. The van der Waals surface area contributed by atoms with Crippen LogP contribution in [0.25, 0.3) is 0 Å². The molecule has 74 valence electrons. The summed E-state index contributed by atoms with van der Waals surface area (Å²) in [6.45, 7) is 0.472. The molecule has 14 heavy (non-hydrogen) atoms. The summed E-state index contributed by atoms with van der Waals surface area (Å²) in [5.41, 5.74) is 0.451. The predicted molar refractivity (Wildman–Crippen MR) is 51.8 cm³/mol. The Morgan fingerprint density at radius 2 is 2.29 bits per heavy atom. The van der Waals surface area contributed by atoms with E-state index >= 15 is 0 Å². The second kappa shape index (κ2) is 3.58. The quantitative estimate of drug-likeness (QED) is 0.761. The van der Waals surface area contributed by atoms with Crippen molar-refractivity contribution in [1.82, 2.24) is 5.32 Å². The van der Waals surface area contributed by atoms with Crippen molar-refractivity contribution in [3.63, 3.8) is 0 Å². The highest BCUT2D eigenvalue weighted by atomic mass is 35.5. The number of carbonyl (C=O) groups is 1. The first-order chi connectivity index (χ1) is 6.68. The van der Waals surface area contributed by atoms with Gasteiger partial charge in [-0.05, 0) is 12.1 Å². The maximum atomic E-state index is 13.4. The molecule has 4 heteroatoms. The topological polar surface area (TPSA) is 29.1 Å². The van der Waals surface area contributed by atoms with Crippen LogP contribution < -0.4 is 5.32 Å².